The maximum absolute atomic E-state index is 13.9. The minimum absolute atomic E-state index is 0.295. The van der Waals surface area contributed by atoms with E-state index in [4.69, 9.17) is 10.5 Å². The lowest BCUT2D eigenvalue weighted by Gasteiger charge is -2.28. The highest BCUT2D eigenvalue weighted by molar-refractivity contribution is 6.03. The van der Waals surface area contributed by atoms with Crippen molar-refractivity contribution in [2.45, 2.75) is 45.2 Å². The number of fused-ring (bicyclic) bond motifs is 2. The number of hydrogen-bond donors (Lipinski definition) is 1. The third-order valence-corrected chi connectivity index (χ3v) is 7.00. The molecule has 4 aromatic rings. The first-order valence-electron chi connectivity index (χ1n) is 11.9. The van der Waals surface area contributed by atoms with Crippen LogP contribution in [0.25, 0.3) is 27.7 Å². The molecule has 1 aliphatic heterocycles. The summed E-state index contributed by atoms with van der Waals surface area (Å²) in [6, 6.07) is 10.8. The Morgan fingerprint density at radius 1 is 1.17 bits per heavy atom. The lowest BCUT2D eigenvalue weighted by molar-refractivity contribution is -0.125. The second kappa shape index (κ2) is 8.41. The summed E-state index contributed by atoms with van der Waals surface area (Å²) in [7, 11) is 1.69. The second-order valence-corrected chi connectivity index (χ2v) is 10.5. The Balaban J connectivity index is 1.89. The summed E-state index contributed by atoms with van der Waals surface area (Å²) >= 11 is 0. The molecule has 36 heavy (non-hydrogen) atoms. The molecule has 0 spiro atoms. The Bertz CT molecular complexity index is 1510. The second-order valence-electron chi connectivity index (χ2n) is 10.5. The molecular weight excluding hydrogens is 457 g/mol. The Labute approximate surface area is 209 Å². The number of hydrogen-bond acceptors (Lipinski definition) is 4. The summed E-state index contributed by atoms with van der Waals surface area (Å²) < 4.78 is 23.3. The molecular formula is C28H30FN5O2. The number of benzene rings is 2. The Kier molecular flexibility index (Phi) is 5.59. The molecule has 0 saturated heterocycles. The van der Waals surface area contributed by atoms with Gasteiger partial charge in [-0.05, 0) is 61.4 Å². The van der Waals surface area contributed by atoms with Crippen LogP contribution in [-0.4, -0.2) is 40.2 Å². The van der Waals surface area contributed by atoms with E-state index in [0.717, 1.165) is 44.5 Å². The number of nitrogens with zero attached hydrogens (tertiary/aromatic N) is 4. The first-order chi connectivity index (χ1) is 17.0. The highest BCUT2D eigenvalue weighted by Gasteiger charge is 2.34. The van der Waals surface area contributed by atoms with Gasteiger partial charge in [0.2, 0.25) is 5.91 Å². The number of ether oxygens (including phenoxy) is 1. The van der Waals surface area contributed by atoms with Crippen LogP contribution in [0.4, 0.5) is 4.39 Å². The predicted molar refractivity (Wildman–Crippen MR) is 139 cm³/mol. The highest BCUT2D eigenvalue weighted by atomic mass is 19.1. The van der Waals surface area contributed by atoms with Gasteiger partial charge >= 0.3 is 0 Å². The molecule has 0 fully saturated rings. The average molecular weight is 488 g/mol. The fourth-order valence-electron chi connectivity index (χ4n) is 4.99. The van der Waals surface area contributed by atoms with Gasteiger partial charge in [0.1, 0.15) is 11.4 Å². The molecule has 0 aliphatic carbocycles. The van der Waals surface area contributed by atoms with Crippen LogP contribution >= 0.6 is 0 Å². The van der Waals surface area contributed by atoms with Crippen LogP contribution in [0.2, 0.25) is 0 Å². The molecule has 0 atom stereocenters. The normalized spacial score (nSPS) is 13.5. The van der Waals surface area contributed by atoms with Crippen molar-refractivity contribution in [1.29, 1.82) is 0 Å². The minimum Gasteiger partial charge on any atom is -0.384 e. The van der Waals surface area contributed by atoms with Crippen molar-refractivity contribution < 1.29 is 13.9 Å². The Hall–Kier alpha value is -3.78. The molecule has 1 aliphatic rings. The first-order valence-corrected chi connectivity index (χ1v) is 11.9. The SMILES string of the molecule is COCC(C)(C)c1c(-c2cnn(C(C)(C)C(N)=O)c2)c2cc3c(cc2n1-c1ccc(F)cc1)C=NC3. The maximum Gasteiger partial charge on any atom is 0.244 e. The smallest absolute Gasteiger partial charge is 0.244 e. The van der Waals surface area contributed by atoms with Crippen molar-refractivity contribution in [1.82, 2.24) is 14.3 Å². The van der Waals surface area contributed by atoms with Crippen LogP contribution in [0.15, 0.2) is 53.8 Å². The standard InChI is InChI=1S/C28H30FN5O2/c1-27(2,16-36-5)25-24(19-14-32-33(15-19)28(3,4)26(30)35)22-10-17-12-31-13-18(17)11-23(22)34(25)21-8-6-20(29)7-9-21/h6-11,13-15H,12,16H2,1-5H3,(H2,30,35). The predicted octanol–water partition coefficient (Wildman–Crippen LogP) is 4.71. The van der Waals surface area contributed by atoms with Crippen LogP contribution in [0, 0.1) is 5.82 Å². The third kappa shape index (κ3) is 3.73. The van der Waals surface area contributed by atoms with Crippen molar-refractivity contribution in [2.75, 3.05) is 13.7 Å². The van der Waals surface area contributed by atoms with Crippen molar-refractivity contribution >= 4 is 23.0 Å². The minimum atomic E-state index is -0.995. The molecule has 1 amide bonds. The number of aliphatic imine (C=N–C) groups is 1. The van der Waals surface area contributed by atoms with Crippen LogP contribution in [-0.2, 0) is 27.0 Å². The Morgan fingerprint density at radius 3 is 2.56 bits per heavy atom. The summed E-state index contributed by atoms with van der Waals surface area (Å²) in [5.74, 6) is -0.767. The van der Waals surface area contributed by atoms with Gasteiger partial charge in [-0.2, -0.15) is 5.10 Å². The fraction of sp³-hybridized carbons (Fsp3) is 0.321. The van der Waals surface area contributed by atoms with Gasteiger partial charge in [0, 0.05) is 52.8 Å². The third-order valence-electron chi connectivity index (χ3n) is 7.00. The van der Waals surface area contributed by atoms with Gasteiger partial charge < -0.3 is 15.0 Å². The molecule has 186 valence electrons. The number of rotatable bonds is 7. The first kappa shape index (κ1) is 23.9. The lowest BCUT2D eigenvalue weighted by Crippen LogP contribution is -2.41. The molecule has 0 unspecified atom stereocenters. The van der Waals surface area contributed by atoms with Crippen molar-refractivity contribution in [3.63, 3.8) is 0 Å². The van der Waals surface area contributed by atoms with E-state index in [-0.39, 0.29) is 5.82 Å². The Morgan fingerprint density at radius 2 is 1.89 bits per heavy atom. The van der Waals surface area contributed by atoms with Gasteiger partial charge in [0.15, 0.2) is 0 Å². The van der Waals surface area contributed by atoms with Gasteiger partial charge in [-0.3, -0.25) is 14.5 Å². The number of carbonyl (C=O) groups is 1. The summed E-state index contributed by atoms with van der Waals surface area (Å²) in [6.07, 6.45) is 5.53. The van der Waals surface area contributed by atoms with E-state index in [1.807, 2.05) is 12.4 Å². The zero-order chi connectivity index (χ0) is 25.8. The zero-order valence-electron chi connectivity index (χ0n) is 21.2. The molecule has 0 saturated carbocycles. The number of methoxy groups -OCH3 is 1. The van der Waals surface area contributed by atoms with Crippen LogP contribution in [0.1, 0.15) is 44.5 Å². The number of carbonyl (C=O) groups excluding carboxylic acids is 1. The van der Waals surface area contributed by atoms with Gasteiger partial charge in [-0.15, -0.1) is 0 Å². The summed E-state index contributed by atoms with van der Waals surface area (Å²) in [5, 5.41) is 5.56. The molecule has 0 bridgehead atoms. The summed E-state index contributed by atoms with van der Waals surface area (Å²) in [4.78, 5) is 16.6. The monoisotopic (exact) mass is 487 g/mol. The van der Waals surface area contributed by atoms with Gasteiger partial charge in [-0.25, -0.2) is 4.39 Å². The largest absolute Gasteiger partial charge is 0.384 e. The van der Waals surface area contributed by atoms with Crippen molar-refractivity contribution in [3.8, 4) is 16.8 Å². The quantitative estimate of drug-likeness (QED) is 0.410. The van der Waals surface area contributed by atoms with E-state index in [9.17, 15) is 9.18 Å². The number of primary amides is 1. The summed E-state index contributed by atoms with van der Waals surface area (Å²) in [6.45, 7) is 8.82. The van der Waals surface area contributed by atoms with Crippen LogP contribution in [0.5, 0.6) is 0 Å². The van der Waals surface area contributed by atoms with Gasteiger partial charge in [-0.1, -0.05) is 13.8 Å². The van der Waals surface area contributed by atoms with Crippen molar-refractivity contribution in [3.05, 3.63) is 71.4 Å². The number of aromatic nitrogens is 3. The van der Waals surface area contributed by atoms with E-state index in [0.29, 0.717) is 13.2 Å². The van der Waals surface area contributed by atoms with E-state index < -0.39 is 16.9 Å². The summed E-state index contributed by atoms with van der Waals surface area (Å²) in [5.41, 5.74) is 11.1. The average Bonchev–Trinajstić information content (AvgIpc) is 3.55. The van der Waals surface area contributed by atoms with E-state index >= 15 is 0 Å². The molecule has 2 aromatic heterocycles. The molecule has 7 nitrogen and oxygen atoms in total. The maximum atomic E-state index is 13.9. The van der Waals surface area contributed by atoms with E-state index in [1.165, 1.54) is 12.1 Å². The van der Waals surface area contributed by atoms with E-state index in [1.54, 1.807) is 44.0 Å². The van der Waals surface area contributed by atoms with Gasteiger partial charge in [0.25, 0.3) is 0 Å². The number of halogens is 1. The fourth-order valence-corrected chi connectivity index (χ4v) is 4.99. The molecule has 2 aromatic carbocycles. The molecule has 3 heterocycles. The van der Waals surface area contributed by atoms with Crippen molar-refractivity contribution in [2.24, 2.45) is 10.7 Å². The number of nitrogens with two attached hydrogens (primary N) is 1. The molecule has 2 N–H and O–H groups in total. The molecule has 5 rings (SSSR count). The zero-order valence-corrected chi connectivity index (χ0v) is 21.2. The van der Waals surface area contributed by atoms with Gasteiger partial charge in [0.05, 0.1) is 24.9 Å². The molecule has 8 heteroatoms. The van der Waals surface area contributed by atoms with Crippen LogP contribution in [0.3, 0.4) is 0 Å². The molecule has 0 radical (unpaired) electrons. The highest BCUT2D eigenvalue weighted by Crippen LogP contribution is 2.44. The topological polar surface area (TPSA) is 87.4 Å². The van der Waals surface area contributed by atoms with E-state index in [2.05, 4.69) is 40.6 Å². The van der Waals surface area contributed by atoms with Crippen LogP contribution < -0.4 is 5.73 Å². The number of amides is 1. The lowest BCUT2D eigenvalue weighted by atomic mass is 9.85.